The number of carboxylic acids is 1. The number of allylic oxidation sites excluding steroid dienone is 7. The summed E-state index contributed by atoms with van der Waals surface area (Å²) >= 11 is 0. The number of aliphatic hydroxyl groups excluding tert-OH is 3. The Morgan fingerprint density at radius 3 is 2.24 bits per heavy atom. The molecule has 0 aliphatic carbocycles. The van der Waals surface area contributed by atoms with Crippen LogP contribution in [0.5, 0.6) is 0 Å². The Morgan fingerprint density at radius 2 is 1.56 bits per heavy atom. The Labute approximate surface area is 150 Å². The van der Waals surface area contributed by atoms with Gasteiger partial charge in [0.1, 0.15) is 5.76 Å². The van der Waals surface area contributed by atoms with E-state index in [2.05, 4.69) is 0 Å². The van der Waals surface area contributed by atoms with Gasteiger partial charge in [0.15, 0.2) is 0 Å². The largest absolute Gasteiger partial charge is 0.508 e. The first-order chi connectivity index (χ1) is 12.0. The minimum absolute atomic E-state index is 0.0562. The van der Waals surface area contributed by atoms with E-state index in [1.54, 1.807) is 30.4 Å². The van der Waals surface area contributed by atoms with E-state index in [4.69, 9.17) is 5.11 Å². The monoisotopic (exact) mass is 350 g/mol. The molecule has 0 heterocycles. The fourth-order valence-electron chi connectivity index (χ4n) is 1.97. The molecule has 0 saturated carbocycles. The minimum Gasteiger partial charge on any atom is -0.508 e. The van der Waals surface area contributed by atoms with Gasteiger partial charge in [-0.25, -0.2) is 4.79 Å². The van der Waals surface area contributed by atoms with E-state index in [-0.39, 0.29) is 11.9 Å². The predicted octanol–water partition coefficient (Wildman–Crippen LogP) is 3.82. The molecule has 0 fully saturated rings. The van der Waals surface area contributed by atoms with Crippen LogP contribution in [-0.4, -0.2) is 38.6 Å². The molecule has 140 valence electrons. The summed E-state index contributed by atoms with van der Waals surface area (Å²) in [6.45, 7) is 1.97. The lowest BCUT2D eigenvalue weighted by molar-refractivity contribution is -0.131. The number of rotatable bonds is 13. The van der Waals surface area contributed by atoms with Crippen LogP contribution in [0.2, 0.25) is 0 Å². The molecule has 0 bridgehead atoms. The number of hydrogen-bond donors (Lipinski definition) is 4. The van der Waals surface area contributed by atoms with Gasteiger partial charge in [-0.05, 0) is 31.4 Å². The van der Waals surface area contributed by atoms with Crippen molar-refractivity contribution >= 4 is 5.97 Å². The van der Waals surface area contributed by atoms with E-state index in [0.29, 0.717) is 6.42 Å². The highest BCUT2D eigenvalue weighted by Crippen LogP contribution is 2.09. The quantitative estimate of drug-likeness (QED) is 0.175. The highest BCUT2D eigenvalue weighted by Gasteiger charge is 2.01. The van der Waals surface area contributed by atoms with Gasteiger partial charge < -0.3 is 20.4 Å². The van der Waals surface area contributed by atoms with Crippen LogP contribution in [0.15, 0.2) is 60.4 Å². The maximum Gasteiger partial charge on any atom is 0.328 e. The number of aliphatic carboxylic acids is 1. The molecule has 5 heteroatoms. The van der Waals surface area contributed by atoms with Gasteiger partial charge in [-0.2, -0.15) is 0 Å². The molecule has 0 aromatic carbocycles. The molecule has 25 heavy (non-hydrogen) atoms. The van der Waals surface area contributed by atoms with Crippen molar-refractivity contribution < 1.29 is 25.2 Å². The molecule has 0 saturated heterocycles. The number of carboxylic acid groups (broad SMARTS) is 1. The Hall–Kier alpha value is -2.11. The molecule has 0 spiro atoms. The number of carbonyl (C=O) groups is 1. The molecule has 0 aliphatic heterocycles. The predicted molar refractivity (Wildman–Crippen MR) is 100 cm³/mol. The molecule has 0 radical (unpaired) electrons. The van der Waals surface area contributed by atoms with E-state index >= 15 is 0 Å². The fourth-order valence-corrected chi connectivity index (χ4v) is 1.97. The second-order valence-electron chi connectivity index (χ2n) is 5.69. The lowest BCUT2D eigenvalue weighted by atomic mass is 10.1. The van der Waals surface area contributed by atoms with E-state index < -0.39 is 12.1 Å². The molecule has 5 nitrogen and oxygen atoms in total. The number of hydrogen-bond acceptors (Lipinski definition) is 4. The molecule has 0 rings (SSSR count). The highest BCUT2D eigenvalue weighted by atomic mass is 16.4. The minimum atomic E-state index is -1.07. The van der Waals surface area contributed by atoms with Crippen LogP contribution in [0.4, 0.5) is 0 Å². The second kappa shape index (κ2) is 15.4. The van der Waals surface area contributed by atoms with E-state index in [9.17, 15) is 20.1 Å². The zero-order valence-electron chi connectivity index (χ0n) is 14.8. The third-order valence-corrected chi connectivity index (χ3v) is 3.45. The molecule has 0 aliphatic rings. The maximum atomic E-state index is 10.2. The Morgan fingerprint density at radius 1 is 0.880 bits per heavy atom. The van der Waals surface area contributed by atoms with Crippen LogP contribution >= 0.6 is 0 Å². The first-order valence-electron chi connectivity index (χ1n) is 8.63. The first-order valence-corrected chi connectivity index (χ1v) is 8.63. The summed E-state index contributed by atoms with van der Waals surface area (Å²) < 4.78 is 0. The third-order valence-electron chi connectivity index (χ3n) is 3.45. The average molecular weight is 350 g/mol. The van der Waals surface area contributed by atoms with E-state index in [0.717, 1.165) is 38.2 Å². The van der Waals surface area contributed by atoms with Gasteiger partial charge in [0, 0.05) is 6.08 Å². The van der Waals surface area contributed by atoms with Crippen molar-refractivity contribution in [3.8, 4) is 0 Å². The normalized spacial score (nSPS) is 15.7. The van der Waals surface area contributed by atoms with Crippen LogP contribution < -0.4 is 0 Å². The van der Waals surface area contributed by atoms with Gasteiger partial charge in [-0.1, -0.05) is 62.6 Å². The Bertz CT molecular complexity index is 500. The lowest BCUT2D eigenvalue weighted by Gasteiger charge is -2.08. The van der Waals surface area contributed by atoms with E-state index in [1.807, 2.05) is 6.92 Å². The maximum absolute atomic E-state index is 10.2. The van der Waals surface area contributed by atoms with Crippen LogP contribution in [0.25, 0.3) is 0 Å². The summed E-state index contributed by atoms with van der Waals surface area (Å²) in [5.41, 5.74) is 0. The van der Waals surface area contributed by atoms with Crippen LogP contribution in [0, 0.1) is 0 Å². The van der Waals surface area contributed by atoms with Crippen molar-refractivity contribution in [1.29, 1.82) is 0 Å². The summed E-state index contributed by atoms with van der Waals surface area (Å²) in [4.78, 5) is 10.2. The number of aliphatic hydroxyl groups is 3. The molecule has 2 atom stereocenters. The molecule has 0 aromatic rings. The molecule has 4 N–H and O–H groups in total. The standard InChI is InChI=1S/C20H30O5/c1-2-17(21)11-8-5-9-14-18(22)12-6-3-4-7-13-19(23)15-10-16-20(24)25/h3-4,6-7,10,12-13,15-18,21-23H,2,5,8-9,11,14H2,1H3,(H,24,25)/t17?,18-/m0/s1. The SMILES string of the molecule is CCC(O)CCCCC[C@@H](O)C=CC=CC=CC(O)=CC=CC(=O)O. The topological polar surface area (TPSA) is 98.0 Å². The van der Waals surface area contributed by atoms with E-state index in [1.165, 1.54) is 18.2 Å². The molecular weight excluding hydrogens is 320 g/mol. The fraction of sp³-hybridized carbons (Fsp3) is 0.450. The summed E-state index contributed by atoms with van der Waals surface area (Å²) in [5, 5.41) is 37.0. The van der Waals surface area contributed by atoms with Crippen molar-refractivity contribution in [1.82, 2.24) is 0 Å². The van der Waals surface area contributed by atoms with Crippen molar-refractivity contribution in [2.45, 2.75) is 57.7 Å². The van der Waals surface area contributed by atoms with Gasteiger partial charge in [0.05, 0.1) is 12.2 Å². The van der Waals surface area contributed by atoms with Gasteiger partial charge in [-0.3, -0.25) is 0 Å². The van der Waals surface area contributed by atoms with Crippen molar-refractivity contribution in [3.05, 3.63) is 60.4 Å². The first kappa shape index (κ1) is 22.9. The van der Waals surface area contributed by atoms with Crippen LogP contribution in [0.1, 0.15) is 45.4 Å². The highest BCUT2D eigenvalue weighted by molar-refractivity contribution is 5.80. The van der Waals surface area contributed by atoms with Crippen LogP contribution in [-0.2, 0) is 4.79 Å². The average Bonchev–Trinajstić information content (AvgIpc) is 2.57. The molecular formula is C20H30O5. The van der Waals surface area contributed by atoms with Gasteiger partial charge >= 0.3 is 5.97 Å². The molecule has 0 aromatic heterocycles. The summed E-state index contributed by atoms with van der Waals surface area (Å²) in [6.07, 6.45) is 17.9. The lowest BCUT2D eigenvalue weighted by Crippen LogP contribution is -2.04. The summed E-state index contributed by atoms with van der Waals surface area (Å²) in [6, 6.07) is 0. The smallest absolute Gasteiger partial charge is 0.328 e. The Balaban J connectivity index is 3.92. The zero-order valence-corrected chi connectivity index (χ0v) is 14.8. The van der Waals surface area contributed by atoms with Gasteiger partial charge in [0.2, 0.25) is 0 Å². The van der Waals surface area contributed by atoms with Crippen molar-refractivity contribution in [2.75, 3.05) is 0 Å². The molecule has 1 unspecified atom stereocenters. The van der Waals surface area contributed by atoms with Gasteiger partial charge in [0.25, 0.3) is 0 Å². The Kier molecular flexibility index (Phi) is 14.1. The third kappa shape index (κ3) is 16.5. The summed E-state index contributed by atoms with van der Waals surface area (Å²) in [5.74, 6) is -1.13. The summed E-state index contributed by atoms with van der Waals surface area (Å²) in [7, 11) is 0. The molecule has 0 amide bonds. The van der Waals surface area contributed by atoms with Crippen molar-refractivity contribution in [2.24, 2.45) is 0 Å². The number of unbranched alkanes of at least 4 members (excludes halogenated alkanes) is 2. The van der Waals surface area contributed by atoms with Crippen LogP contribution in [0.3, 0.4) is 0 Å². The van der Waals surface area contributed by atoms with Gasteiger partial charge in [-0.15, -0.1) is 0 Å². The second-order valence-corrected chi connectivity index (χ2v) is 5.69. The zero-order chi connectivity index (χ0) is 18.9. The van der Waals surface area contributed by atoms with Crippen molar-refractivity contribution in [3.63, 3.8) is 0 Å².